The van der Waals surface area contributed by atoms with Gasteiger partial charge in [0.1, 0.15) is 5.52 Å². The van der Waals surface area contributed by atoms with Crippen LogP contribution in [0.5, 0.6) is 0 Å². The minimum absolute atomic E-state index is 0.0574. The number of para-hydroxylation sites is 1. The normalized spacial score (nSPS) is 14.5. The summed E-state index contributed by atoms with van der Waals surface area (Å²) in [6.07, 6.45) is 1.36. The van der Waals surface area contributed by atoms with E-state index < -0.39 is 0 Å². The summed E-state index contributed by atoms with van der Waals surface area (Å²) in [7, 11) is 0. The number of hydrogen-bond acceptors (Lipinski definition) is 4. The topological polar surface area (TPSA) is 78.7 Å². The fourth-order valence-electron chi connectivity index (χ4n) is 3.01. The fraction of sp³-hybridized carbons (Fsp3) is 0.211. The molecule has 26 heavy (non-hydrogen) atoms. The molecule has 132 valence electrons. The predicted molar refractivity (Wildman–Crippen MR) is 96.9 cm³/mol. The lowest BCUT2D eigenvalue weighted by Crippen LogP contribution is -2.51. The number of urea groups is 1. The molecule has 3 aromatic rings. The lowest BCUT2D eigenvalue weighted by atomic mass is 10.1. The van der Waals surface area contributed by atoms with Crippen molar-refractivity contribution < 1.29 is 14.0 Å². The molecule has 3 amide bonds. The van der Waals surface area contributed by atoms with Crippen LogP contribution in [0.4, 0.5) is 10.5 Å². The minimum Gasteiger partial charge on any atom is -0.443 e. The number of rotatable bonds is 2. The van der Waals surface area contributed by atoms with E-state index in [4.69, 9.17) is 4.42 Å². The number of aromatic nitrogens is 1. The summed E-state index contributed by atoms with van der Waals surface area (Å²) in [5.74, 6) is -0.0574. The van der Waals surface area contributed by atoms with E-state index in [-0.39, 0.29) is 11.9 Å². The molecular weight excluding hydrogens is 332 g/mol. The number of anilines is 1. The summed E-state index contributed by atoms with van der Waals surface area (Å²) in [5.41, 5.74) is 2.66. The van der Waals surface area contributed by atoms with Crippen LogP contribution in [-0.4, -0.2) is 52.9 Å². The van der Waals surface area contributed by atoms with Gasteiger partial charge >= 0.3 is 6.03 Å². The molecule has 0 spiro atoms. The number of oxazole rings is 1. The first kappa shape index (κ1) is 16.1. The van der Waals surface area contributed by atoms with Gasteiger partial charge in [-0.1, -0.05) is 18.2 Å². The molecule has 2 heterocycles. The predicted octanol–water partition coefficient (Wildman–Crippen LogP) is 2.82. The largest absolute Gasteiger partial charge is 0.443 e. The first-order chi connectivity index (χ1) is 12.7. The van der Waals surface area contributed by atoms with Crippen molar-refractivity contribution in [3.8, 4) is 0 Å². The lowest BCUT2D eigenvalue weighted by molar-refractivity contribution is 0.0672. The molecule has 1 saturated heterocycles. The maximum absolute atomic E-state index is 12.7. The Morgan fingerprint density at radius 1 is 0.962 bits per heavy atom. The van der Waals surface area contributed by atoms with Crippen LogP contribution in [0.25, 0.3) is 11.1 Å². The molecule has 1 aliphatic rings. The highest BCUT2D eigenvalue weighted by Gasteiger charge is 2.25. The molecule has 7 heteroatoms. The molecule has 1 N–H and O–H groups in total. The number of piperazine rings is 1. The molecule has 7 nitrogen and oxygen atoms in total. The van der Waals surface area contributed by atoms with Crippen molar-refractivity contribution in [3.63, 3.8) is 0 Å². The van der Waals surface area contributed by atoms with E-state index in [0.717, 1.165) is 5.69 Å². The zero-order valence-electron chi connectivity index (χ0n) is 14.1. The number of carbonyl (C=O) groups is 2. The third-order valence-corrected chi connectivity index (χ3v) is 4.46. The average molecular weight is 350 g/mol. The Kier molecular flexibility index (Phi) is 4.27. The third kappa shape index (κ3) is 3.23. The van der Waals surface area contributed by atoms with Crippen LogP contribution >= 0.6 is 0 Å². The molecule has 1 fully saturated rings. The van der Waals surface area contributed by atoms with Gasteiger partial charge in [0.2, 0.25) is 0 Å². The molecule has 2 aromatic carbocycles. The summed E-state index contributed by atoms with van der Waals surface area (Å²) < 4.78 is 5.20. The maximum atomic E-state index is 12.7. The quantitative estimate of drug-likeness (QED) is 0.771. The lowest BCUT2D eigenvalue weighted by Gasteiger charge is -2.34. The molecular formula is C19H18N4O3. The smallest absolute Gasteiger partial charge is 0.321 e. The van der Waals surface area contributed by atoms with Crippen molar-refractivity contribution >= 4 is 28.7 Å². The zero-order valence-corrected chi connectivity index (χ0v) is 14.1. The molecule has 1 aliphatic heterocycles. The second-order valence-corrected chi connectivity index (χ2v) is 6.11. The first-order valence-electron chi connectivity index (χ1n) is 8.44. The van der Waals surface area contributed by atoms with E-state index in [1.54, 1.807) is 28.0 Å². The Labute approximate surface area is 150 Å². The number of nitrogens with zero attached hydrogens (tertiary/aromatic N) is 3. The molecule has 0 atom stereocenters. The minimum atomic E-state index is -0.146. The zero-order chi connectivity index (χ0) is 17.9. The van der Waals surface area contributed by atoms with Gasteiger partial charge in [0.05, 0.1) is 0 Å². The van der Waals surface area contributed by atoms with Crippen molar-refractivity contribution in [1.29, 1.82) is 0 Å². The average Bonchev–Trinajstić information content (AvgIpc) is 3.16. The van der Waals surface area contributed by atoms with Crippen LogP contribution in [0.2, 0.25) is 0 Å². The van der Waals surface area contributed by atoms with E-state index >= 15 is 0 Å². The van der Waals surface area contributed by atoms with Gasteiger partial charge in [-0.15, -0.1) is 0 Å². The van der Waals surface area contributed by atoms with Gasteiger partial charge in [0, 0.05) is 37.4 Å². The van der Waals surface area contributed by atoms with E-state index in [9.17, 15) is 9.59 Å². The molecule has 0 aliphatic carbocycles. The highest BCUT2D eigenvalue weighted by atomic mass is 16.3. The monoisotopic (exact) mass is 350 g/mol. The number of benzene rings is 2. The Morgan fingerprint density at radius 3 is 2.46 bits per heavy atom. The molecule has 1 aromatic heterocycles. The second-order valence-electron chi connectivity index (χ2n) is 6.11. The molecule has 0 radical (unpaired) electrons. The van der Waals surface area contributed by atoms with Gasteiger partial charge in [-0.25, -0.2) is 9.78 Å². The van der Waals surface area contributed by atoms with Crippen molar-refractivity contribution in [2.24, 2.45) is 0 Å². The third-order valence-electron chi connectivity index (χ3n) is 4.46. The van der Waals surface area contributed by atoms with Crippen LogP contribution < -0.4 is 5.32 Å². The molecule has 0 saturated carbocycles. The van der Waals surface area contributed by atoms with Gasteiger partial charge in [-0.2, -0.15) is 0 Å². The van der Waals surface area contributed by atoms with Crippen LogP contribution in [0, 0.1) is 0 Å². The number of nitrogens with one attached hydrogen (secondary N) is 1. The summed E-state index contributed by atoms with van der Waals surface area (Å²) in [5, 5.41) is 2.87. The standard InChI is InChI=1S/C19H18N4O3/c24-18(14-6-7-17-16(12-14)20-13-26-17)22-8-10-23(11-9-22)19(25)21-15-4-2-1-3-5-15/h1-7,12-13H,8-11H2,(H,21,25). The fourth-order valence-corrected chi connectivity index (χ4v) is 3.01. The van der Waals surface area contributed by atoms with E-state index in [2.05, 4.69) is 10.3 Å². The second kappa shape index (κ2) is 6.87. The van der Waals surface area contributed by atoms with E-state index in [1.165, 1.54) is 6.39 Å². The molecule has 0 unspecified atom stereocenters. The maximum Gasteiger partial charge on any atom is 0.321 e. The Morgan fingerprint density at radius 2 is 1.69 bits per heavy atom. The van der Waals surface area contributed by atoms with Gasteiger partial charge in [-0.05, 0) is 30.3 Å². The summed E-state index contributed by atoms with van der Waals surface area (Å²) in [6.45, 7) is 1.99. The number of fused-ring (bicyclic) bond motifs is 1. The van der Waals surface area contributed by atoms with Gasteiger partial charge in [0.15, 0.2) is 12.0 Å². The van der Waals surface area contributed by atoms with E-state index in [0.29, 0.717) is 42.8 Å². The number of amides is 3. The molecule has 4 rings (SSSR count). The summed E-state index contributed by atoms with van der Waals surface area (Å²) >= 11 is 0. The van der Waals surface area contributed by atoms with Crippen molar-refractivity contribution in [2.75, 3.05) is 31.5 Å². The highest BCUT2D eigenvalue weighted by Crippen LogP contribution is 2.17. The van der Waals surface area contributed by atoms with Gasteiger partial charge in [0.25, 0.3) is 5.91 Å². The van der Waals surface area contributed by atoms with Crippen LogP contribution in [-0.2, 0) is 0 Å². The highest BCUT2D eigenvalue weighted by molar-refractivity contribution is 5.97. The summed E-state index contributed by atoms with van der Waals surface area (Å²) in [4.78, 5) is 32.6. The van der Waals surface area contributed by atoms with Crippen LogP contribution in [0.15, 0.2) is 59.3 Å². The van der Waals surface area contributed by atoms with Crippen molar-refractivity contribution in [1.82, 2.24) is 14.8 Å². The number of hydrogen-bond donors (Lipinski definition) is 1. The Hall–Kier alpha value is -3.35. The van der Waals surface area contributed by atoms with Crippen molar-refractivity contribution in [3.05, 3.63) is 60.5 Å². The van der Waals surface area contributed by atoms with Gasteiger partial charge < -0.3 is 19.5 Å². The number of carbonyl (C=O) groups excluding carboxylic acids is 2. The van der Waals surface area contributed by atoms with Crippen molar-refractivity contribution in [2.45, 2.75) is 0 Å². The Bertz CT molecular complexity index is 930. The Balaban J connectivity index is 1.36. The SMILES string of the molecule is O=C(Nc1ccccc1)N1CCN(C(=O)c2ccc3ocnc3c2)CC1. The first-order valence-corrected chi connectivity index (χ1v) is 8.44. The van der Waals surface area contributed by atoms with E-state index in [1.807, 2.05) is 30.3 Å². The van der Waals surface area contributed by atoms with Crippen LogP contribution in [0.1, 0.15) is 10.4 Å². The summed E-state index contributed by atoms with van der Waals surface area (Å²) in [6, 6.07) is 14.4. The van der Waals surface area contributed by atoms with Gasteiger partial charge in [-0.3, -0.25) is 4.79 Å². The molecule has 0 bridgehead atoms. The van der Waals surface area contributed by atoms with Crippen LogP contribution in [0.3, 0.4) is 0 Å².